The fraction of sp³-hybridized carbons (Fsp3) is 0.250. The van der Waals surface area contributed by atoms with Crippen LogP contribution in [-0.2, 0) is 6.54 Å². The first-order valence-corrected chi connectivity index (χ1v) is 6.24. The molecule has 0 saturated heterocycles. The van der Waals surface area contributed by atoms with E-state index >= 15 is 0 Å². The Kier molecular flexibility index (Phi) is 3.82. The molecule has 3 nitrogen and oxygen atoms in total. The topological polar surface area (TPSA) is 39.9 Å². The molecule has 19 heavy (non-hydrogen) atoms. The predicted molar refractivity (Wildman–Crippen MR) is 77.0 cm³/mol. The van der Waals surface area contributed by atoms with Crippen molar-refractivity contribution in [3.63, 3.8) is 0 Å². The third kappa shape index (κ3) is 2.92. The molecule has 1 heterocycles. The summed E-state index contributed by atoms with van der Waals surface area (Å²) < 4.78 is 0. The van der Waals surface area contributed by atoms with Crippen molar-refractivity contribution in [1.29, 1.82) is 5.26 Å². The van der Waals surface area contributed by atoms with Crippen LogP contribution in [0.25, 0.3) is 0 Å². The number of hydrogen-bond acceptors (Lipinski definition) is 3. The summed E-state index contributed by atoms with van der Waals surface area (Å²) in [5.41, 5.74) is 4.07. The Bertz CT molecular complexity index is 626. The first-order valence-electron chi connectivity index (χ1n) is 6.24. The lowest BCUT2D eigenvalue weighted by Crippen LogP contribution is -2.19. The maximum Gasteiger partial charge on any atom is 0.146 e. The van der Waals surface area contributed by atoms with Gasteiger partial charge in [-0.15, -0.1) is 0 Å². The molecule has 1 aromatic carbocycles. The van der Waals surface area contributed by atoms with E-state index in [-0.39, 0.29) is 0 Å². The molecule has 0 N–H and O–H groups in total. The van der Waals surface area contributed by atoms with Gasteiger partial charge in [0.2, 0.25) is 0 Å². The number of benzene rings is 1. The fourth-order valence-electron chi connectivity index (χ4n) is 2.13. The Morgan fingerprint density at radius 2 is 2.05 bits per heavy atom. The minimum Gasteiger partial charge on any atom is -0.354 e. The summed E-state index contributed by atoms with van der Waals surface area (Å²) in [6.07, 6.45) is 1.75. The third-order valence-electron chi connectivity index (χ3n) is 3.11. The van der Waals surface area contributed by atoms with E-state index in [1.807, 2.05) is 31.0 Å². The van der Waals surface area contributed by atoms with Crippen molar-refractivity contribution >= 4 is 5.82 Å². The van der Waals surface area contributed by atoms with Crippen LogP contribution >= 0.6 is 0 Å². The smallest absolute Gasteiger partial charge is 0.146 e. The van der Waals surface area contributed by atoms with Crippen LogP contribution in [0.3, 0.4) is 0 Å². The highest BCUT2D eigenvalue weighted by atomic mass is 15.2. The molecule has 0 aliphatic carbocycles. The van der Waals surface area contributed by atoms with Crippen LogP contribution < -0.4 is 4.90 Å². The maximum atomic E-state index is 9.24. The first-order chi connectivity index (χ1) is 9.11. The summed E-state index contributed by atoms with van der Waals surface area (Å²) in [6.45, 7) is 4.76. The molecule has 0 radical (unpaired) electrons. The zero-order valence-electron chi connectivity index (χ0n) is 11.5. The third-order valence-corrected chi connectivity index (χ3v) is 3.11. The van der Waals surface area contributed by atoms with Gasteiger partial charge in [0.05, 0.1) is 5.56 Å². The number of nitriles is 1. The minimum absolute atomic E-state index is 0.651. The van der Waals surface area contributed by atoms with Crippen LogP contribution in [0.5, 0.6) is 0 Å². The summed E-state index contributed by atoms with van der Waals surface area (Å²) in [6, 6.07) is 12.5. The van der Waals surface area contributed by atoms with Gasteiger partial charge in [-0.25, -0.2) is 4.98 Å². The van der Waals surface area contributed by atoms with Crippen LogP contribution in [0.15, 0.2) is 36.5 Å². The SMILES string of the molecule is Cc1cccc(CN(C)c2nccc(C)c2C#N)c1. The van der Waals surface area contributed by atoms with Crippen molar-refractivity contribution in [2.24, 2.45) is 0 Å². The molecule has 2 aromatic rings. The number of aromatic nitrogens is 1. The Balaban J connectivity index is 2.28. The number of pyridine rings is 1. The fourth-order valence-corrected chi connectivity index (χ4v) is 2.13. The summed E-state index contributed by atoms with van der Waals surface area (Å²) in [7, 11) is 1.96. The highest BCUT2D eigenvalue weighted by Crippen LogP contribution is 2.20. The van der Waals surface area contributed by atoms with Crippen molar-refractivity contribution in [3.8, 4) is 6.07 Å². The summed E-state index contributed by atoms with van der Waals surface area (Å²) in [5, 5.41) is 9.24. The van der Waals surface area contributed by atoms with Crippen LogP contribution in [0.2, 0.25) is 0 Å². The van der Waals surface area contributed by atoms with Crippen molar-refractivity contribution in [3.05, 3.63) is 58.8 Å². The summed E-state index contributed by atoms with van der Waals surface area (Å²) in [5.74, 6) is 0.740. The standard InChI is InChI=1S/C16H17N3/c1-12-5-4-6-14(9-12)11-19(3)16-15(10-17)13(2)7-8-18-16/h4-9H,11H2,1-3H3. The lowest BCUT2D eigenvalue weighted by atomic mass is 10.1. The molecule has 0 spiro atoms. The van der Waals surface area contributed by atoms with Crippen molar-refractivity contribution in [1.82, 2.24) is 4.98 Å². The molecule has 0 bridgehead atoms. The van der Waals surface area contributed by atoms with Crippen LogP contribution in [0.4, 0.5) is 5.82 Å². The van der Waals surface area contributed by atoms with Gasteiger partial charge in [-0.1, -0.05) is 29.8 Å². The molecule has 0 atom stereocenters. The molecule has 3 heteroatoms. The monoisotopic (exact) mass is 251 g/mol. The molecular weight excluding hydrogens is 234 g/mol. The average molecular weight is 251 g/mol. The molecule has 0 saturated carbocycles. The van der Waals surface area contributed by atoms with Crippen molar-refractivity contribution in [2.45, 2.75) is 20.4 Å². The minimum atomic E-state index is 0.651. The van der Waals surface area contributed by atoms with Crippen LogP contribution in [-0.4, -0.2) is 12.0 Å². The number of rotatable bonds is 3. The van der Waals surface area contributed by atoms with Gasteiger partial charge in [-0.05, 0) is 31.0 Å². The van der Waals surface area contributed by atoms with Gasteiger partial charge in [0, 0.05) is 19.8 Å². The molecule has 0 aliphatic heterocycles. The summed E-state index contributed by atoms with van der Waals surface area (Å²) >= 11 is 0. The average Bonchev–Trinajstić information content (AvgIpc) is 2.38. The molecule has 2 rings (SSSR count). The van der Waals surface area contributed by atoms with Gasteiger partial charge in [0.25, 0.3) is 0 Å². The van der Waals surface area contributed by atoms with Gasteiger partial charge >= 0.3 is 0 Å². The van der Waals surface area contributed by atoms with Crippen molar-refractivity contribution in [2.75, 3.05) is 11.9 Å². The van der Waals surface area contributed by atoms with E-state index in [2.05, 4.69) is 36.2 Å². The second kappa shape index (κ2) is 5.53. The number of nitrogens with zero attached hydrogens (tertiary/aromatic N) is 3. The lowest BCUT2D eigenvalue weighted by Gasteiger charge is -2.20. The number of aryl methyl sites for hydroxylation is 2. The molecular formula is C16H17N3. The van der Waals surface area contributed by atoms with E-state index in [0.717, 1.165) is 17.9 Å². The Morgan fingerprint density at radius 3 is 2.74 bits per heavy atom. The molecule has 0 fully saturated rings. The van der Waals surface area contributed by atoms with E-state index in [9.17, 15) is 5.26 Å². The molecule has 0 unspecified atom stereocenters. The van der Waals surface area contributed by atoms with Crippen LogP contribution in [0.1, 0.15) is 22.3 Å². The van der Waals surface area contributed by atoms with Gasteiger partial charge in [0.15, 0.2) is 0 Å². The second-order valence-corrected chi connectivity index (χ2v) is 4.78. The van der Waals surface area contributed by atoms with Gasteiger partial charge in [0.1, 0.15) is 11.9 Å². The highest BCUT2D eigenvalue weighted by Gasteiger charge is 2.11. The predicted octanol–water partition coefficient (Wildman–Crippen LogP) is 3.21. The zero-order chi connectivity index (χ0) is 13.8. The van der Waals surface area contributed by atoms with Crippen LogP contribution in [0, 0.1) is 25.2 Å². The lowest BCUT2D eigenvalue weighted by molar-refractivity contribution is 0.892. The largest absolute Gasteiger partial charge is 0.354 e. The normalized spacial score (nSPS) is 10.0. The van der Waals surface area contributed by atoms with E-state index in [0.29, 0.717) is 5.56 Å². The van der Waals surface area contributed by atoms with Gasteiger partial charge in [-0.2, -0.15) is 5.26 Å². The maximum absolute atomic E-state index is 9.24. The summed E-state index contributed by atoms with van der Waals surface area (Å²) in [4.78, 5) is 6.35. The quantitative estimate of drug-likeness (QED) is 0.841. The van der Waals surface area contributed by atoms with Gasteiger partial charge in [-0.3, -0.25) is 0 Å². The zero-order valence-corrected chi connectivity index (χ0v) is 11.5. The van der Waals surface area contributed by atoms with E-state index in [1.54, 1.807) is 6.20 Å². The second-order valence-electron chi connectivity index (χ2n) is 4.78. The molecule has 0 amide bonds. The first kappa shape index (κ1) is 13.1. The highest BCUT2D eigenvalue weighted by molar-refractivity contribution is 5.56. The molecule has 1 aromatic heterocycles. The Morgan fingerprint density at radius 1 is 1.26 bits per heavy atom. The van der Waals surface area contributed by atoms with Crippen molar-refractivity contribution < 1.29 is 0 Å². The van der Waals surface area contributed by atoms with Gasteiger partial charge < -0.3 is 4.90 Å². The van der Waals surface area contributed by atoms with E-state index < -0.39 is 0 Å². The van der Waals surface area contributed by atoms with E-state index in [4.69, 9.17) is 0 Å². The van der Waals surface area contributed by atoms with E-state index in [1.165, 1.54) is 11.1 Å². The number of hydrogen-bond donors (Lipinski definition) is 0. The molecule has 96 valence electrons. The molecule has 0 aliphatic rings. The Labute approximate surface area is 114 Å². The number of anilines is 1. The Hall–Kier alpha value is -2.34.